The van der Waals surface area contributed by atoms with Gasteiger partial charge in [-0.1, -0.05) is 24.8 Å². The van der Waals surface area contributed by atoms with Crippen molar-refractivity contribution in [2.45, 2.75) is 32.4 Å². The smallest absolute Gasteiger partial charge is 0.426 e. The lowest BCUT2D eigenvalue weighted by Gasteiger charge is -2.24. The van der Waals surface area contributed by atoms with Crippen molar-refractivity contribution in [1.29, 1.82) is 0 Å². The maximum Gasteiger partial charge on any atom is 0.475 e. The van der Waals surface area contributed by atoms with Gasteiger partial charge in [0, 0.05) is 0 Å². The van der Waals surface area contributed by atoms with Gasteiger partial charge in [-0.05, 0) is 43.0 Å². The molecule has 148 valence electrons. The van der Waals surface area contributed by atoms with E-state index in [0.717, 1.165) is 11.1 Å². The number of halogens is 3. The third kappa shape index (κ3) is 7.84. The average molecular weight is 386 g/mol. The van der Waals surface area contributed by atoms with Gasteiger partial charge in [0.1, 0.15) is 13.1 Å². The van der Waals surface area contributed by atoms with Crippen molar-refractivity contribution in [2.24, 2.45) is 0 Å². The predicted octanol–water partition coefficient (Wildman–Crippen LogP) is 0.920. The first kappa shape index (κ1) is 22.7. The molecule has 0 aliphatic carbocycles. The molecule has 0 aliphatic rings. The molecule has 1 unspecified atom stereocenters. The molecule has 3 N–H and O–H groups in total. The van der Waals surface area contributed by atoms with Crippen LogP contribution in [0.25, 0.3) is 0 Å². The van der Waals surface area contributed by atoms with Gasteiger partial charge >= 0.3 is 13.3 Å². The van der Waals surface area contributed by atoms with Crippen molar-refractivity contribution in [3.63, 3.8) is 0 Å². The zero-order chi connectivity index (χ0) is 20.8. The van der Waals surface area contributed by atoms with E-state index >= 15 is 0 Å². The first-order chi connectivity index (χ1) is 12.4. The Kier molecular flexibility index (Phi) is 8.05. The van der Waals surface area contributed by atoms with Crippen molar-refractivity contribution in [2.75, 3.05) is 13.1 Å². The minimum absolute atomic E-state index is 0.0548. The van der Waals surface area contributed by atoms with Gasteiger partial charge in [-0.2, -0.15) is 13.2 Å². The summed E-state index contributed by atoms with van der Waals surface area (Å²) >= 11 is 0. The van der Waals surface area contributed by atoms with E-state index in [0.29, 0.717) is 11.6 Å². The molecule has 2 amide bonds. The van der Waals surface area contributed by atoms with Crippen LogP contribution >= 0.6 is 0 Å². The molecule has 0 fully saturated rings. The van der Waals surface area contributed by atoms with E-state index in [9.17, 15) is 32.8 Å². The third-order valence-corrected chi connectivity index (χ3v) is 3.92. The number of hydrogen-bond donors (Lipinski definition) is 3. The Labute approximate surface area is 155 Å². The van der Waals surface area contributed by atoms with E-state index in [2.05, 4.69) is 11.9 Å². The van der Waals surface area contributed by atoms with E-state index in [-0.39, 0.29) is 11.3 Å². The number of amides is 2. The Hall–Kier alpha value is -2.33. The van der Waals surface area contributed by atoms with Gasteiger partial charge in [0.05, 0.1) is 5.94 Å². The number of alkyl halides is 3. The number of carbonyl (C=O) groups excluding carboxylic acids is 2. The standard InChI is InChI=1S/C17H22BF3N2O4/c1-4-16(25)23(10-17(19,20)21)9-15(24)22-14(18(26)27)8-13-6-5-11(2)12(3)7-13/h4-7,14,26-27H,1,8-10H2,2-3H3,(H,22,24). The lowest BCUT2D eigenvalue weighted by molar-refractivity contribution is -0.160. The van der Waals surface area contributed by atoms with Gasteiger partial charge < -0.3 is 20.3 Å². The van der Waals surface area contributed by atoms with Crippen LogP contribution in [-0.2, 0) is 16.0 Å². The summed E-state index contributed by atoms with van der Waals surface area (Å²) in [6.07, 6.45) is -3.96. The van der Waals surface area contributed by atoms with Crippen molar-refractivity contribution < 1.29 is 32.8 Å². The Morgan fingerprint density at radius 3 is 2.41 bits per heavy atom. The fourth-order valence-electron chi connectivity index (χ4n) is 2.40. The highest BCUT2D eigenvalue weighted by atomic mass is 19.4. The second-order valence-electron chi connectivity index (χ2n) is 6.22. The molecular weight excluding hydrogens is 364 g/mol. The van der Waals surface area contributed by atoms with Crippen LogP contribution in [-0.4, -0.2) is 59.1 Å². The summed E-state index contributed by atoms with van der Waals surface area (Å²) in [4.78, 5) is 23.9. The first-order valence-corrected chi connectivity index (χ1v) is 8.12. The highest BCUT2D eigenvalue weighted by molar-refractivity contribution is 6.43. The predicted molar refractivity (Wildman–Crippen MR) is 94.6 cm³/mol. The summed E-state index contributed by atoms with van der Waals surface area (Å²) < 4.78 is 37.7. The fourth-order valence-corrected chi connectivity index (χ4v) is 2.40. The molecule has 1 atom stereocenters. The minimum atomic E-state index is -4.69. The van der Waals surface area contributed by atoms with Crippen molar-refractivity contribution in [3.05, 3.63) is 47.5 Å². The summed E-state index contributed by atoms with van der Waals surface area (Å²) in [5.41, 5.74) is 2.72. The van der Waals surface area contributed by atoms with E-state index in [1.54, 1.807) is 6.07 Å². The number of nitrogens with zero attached hydrogens (tertiary/aromatic N) is 1. The van der Waals surface area contributed by atoms with Crippen molar-refractivity contribution in [1.82, 2.24) is 10.2 Å². The molecule has 0 aliphatic heterocycles. The molecule has 0 saturated carbocycles. The largest absolute Gasteiger partial charge is 0.475 e. The summed E-state index contributed by atoms with van der Waals surface area (Å²) in [5.74, 6) is -3.15. The highest BCUT2D eigenvalue weighted by Gasteiger charge is 2.34. The van der Waals surface area contributed by atoms with Gasteiger partial charge in [-0.15, -0.1) is 0 Å². The summed E-state index contributed by atoms with van der Waals surface area (Å²) in [5, 5.41) is 21.2. The normalized spacial score (nSPS) is 12.3. The van der Waals surface area contributed by atoms with Crippen LogP contribution < -0.4 is 5.32 Å². The number of carbonyl (C=O) groups is 2. The van der Waals surface area contributed by atoms with Crippen molar-refractivity contribution >= 4 is 18.9 Å². The molecule has 0 heterocycles. The van der Waals surface area contributed by atoms with Crippen LogP contribution in [0, 0.1) is 13.8 Å². The van der Waals surface area contributed by atoms with Crippen LogP contribution in [0.5, 0.6) is 0 Å². The highest BCUT2D eigenvalue weighted by Crippen LogP contribution is 2.17. The first-order valence-electron chi connectivity index (χ1n) is 8.12. The molecule has 6 nitrogen and oxygen atoms in total. The zero-order valence-electron chi connectivity index (χ0n) is 15.1. The maximum absolute atomic E-state index is 12.6. The second kappa shape index (κ2) is 9.56. The fraction of sp³-hybridized carbons (Fsp3) is 0.412. The van der Waals surface area contributed by atoms with Gasteiger partial charge in [0.25, 0.3) is 0 Å². The van der Waals surface area contributed by atoms with Crippen LogP contribution in [0.1, 0.15) is 16.7 Å². The van der Waals surface area contributed by atoms with Gasteiger partial charge in [0.15, 0.2) is 0 Å². The lowest BCUT2D eigenvalue weighted by Crippen LogP contribution is -2.52. The molecule has 1 aromatic carbocycles. The quantitative estimate of drug-likeness (QED) is 0.458. The number of benzene rings is 1. The lowest BCUT2D eigenvalue weighted by atomic mass is 9.75. The van der Waals surface area contributed by atoms with Crippen LogP contribution in [0.15, 0.2) is 30.9 Å². The Morgan fingerprint density at radius 2 is 1.93 bits per heavy atom. The van der Waals surface area contributed by atoms with E-state index in [4.69, 9.17) is 0 Å². The number of rotatable bonds is 8. The van der Waals surface area contributed by atoms with E-state index < -0.39 is 44.1 Å². The molecule has 0 aromatic heterocycles. The maximum atomic E-state index is 12.6. The SMILES string of the molecule is C=CC(=O)N(CC(=O)NC(Cc1ccc(C)c(C)c1)B(O)O)CC(F)(F)F. The zero-order valence-corrected chi connectivity index (χ0v) is 15.1. The number of hydrogen-bond acceptors (Lipinski definition) is 4. The molecular formula is C17H22BF3N2O4. The van der Waals surface area contributed by atoms with Gasteiger partial charge in [0.2, 0.25) is 11.8 Å². The molecule has 1 aromatic rings. The molecule has 0 saturated heterocycles. The van der Waals surface area contributed by atoms with Crippen LogP contribution in [0.2, 0.25) is 0 Å². The average Bonchev–Trinajstić information content (AvgIpc) is 2.54. The monoisotopic (exact) mass is 386 g/mol. The second-order valence-corrected chi connectivity index (χ2v) is 6.22. The molecule has 0 radical (unpaired) electrons. The Morgan fingerprint density at radius 1 is 1.30 bits per heavy atom. The number of aryl methyl sites for hydroxylation is 2. The topological polar surface area (TPSA) is 89.9 Å². The molecule has 0 spiro atoms. The summed E-state index contributed by atoms with van der Waals surface area (Å²) in [7, 11) is -1.93. The molecule has 0 bridgehead atoms. The van der Waals surface area contributed by atoms with Crippen LogP contribution in [0.4, 0.5) is 13.2 Å². The van der Waals surface area contributed by atoms with Crippen molar-refractivity contribution in [3.8, 4) is 0 Å². The third-order valence-electron chi connectivity index (χ3n) is 3.92. The number of nitrogens with one attached hydrogen (secondary N) is 1. The van der Waals surface area contributed by atoms with Gasteiger partial charge in [-0.3, -0.25) is 9.59 Å². The summed E-state index contributed by atoms with van der Waals surface area (Å²) in [6.45, 7) is 4.38. The molecule has 27 heavy (non-hydrogen) atoms. The van der Waals surface area contributed by atoms with Crippen LogP contribution in [0.3, 0.4) is 0 Å². The molecule has 10 heteroatoms. The van der Waals surface area contributed by atoms with E-state index in [1.807, 2.05) is 26.0 Å². The minimum Gasteiger partial charge on any atom is -0.426 e. The Bertz CT molecular complexity index is 695. The van der Waals surface area contributed by atoms with Gasteiger partial charge in [-0.25, -0.2) is 0 Å². The Balaban J connectivity index is 2.82. The summed E-state index contributed by atoms with van der Waals surface area (Å²) in [6, 6.07) is 5.40. The van der Waals surface area contributed by atoms with E-state index in [1.165, 1.54) is 0 Å². The molecule has 1 rings (SSSR count).